The summed E-state index contributed by atoms with van der Waals surface area (Å²) in [7, 11) is 0. The third kappa shape index (κ3) is 7.56. The zero-order chi connectivity index (χ0) is 18.6. The van der Waals surface area contributed by atoms with Crippen molar-refractivity contribution >= 4 is 11.8 Å². The average Bonchev–Trinajstić information content (AvgIpc) is 2.67. The molecule has 0 aromatic heterocycles. The summed E-state index contributed by atoms with van der Waals surface area (Å²) in [6, 6.07) is 10.5. The van der Waals surface area contributed by atoms with Gasteiger partial charge >= 0.3 is 0 Å². The number of hydrogen-bond donors (Lipinski definition) is 2. The van der Waals surface area contributed by atoms with Crippen LogP contribution in [0.1, 0.15) is 50.5 Å². The molecule has 1 aromatic carbocycles. The van der Waals surface area contributed by atoms with Gasteiger partial charge in [-0.2, -0.15) is 0 Å². The maximum Gasteiger partial charge on any atom is 0.241 e. The van der Waals surface area contributed by atoms with Crippen LogP contribution in [0.5, 0.6) is 0 Å². The van der Waals surface area contributed by atoms with E-state index in [0.717, 1.165) is 58.0 Å². The maximum atomic E-state index is 12.3. The number of carbonyl (C=O) groups excluding carboxylic acids is 2. The van der Waals surface area contributed by atoms with Gasteiger partial charge < -0.3 is 16.0 Å². The summed E-state index contributed by atoms with van der Waals surface area (Å²) < 4.78 is 0. The molecule has 5 nitrogen and oxygen atoms in total. The van der Waals surface area contributed by atoms with E-state index in [1.165, 1.54) is 5.56 Å². The van der Waals surface area contributed by atoms with Crippen LogP contribution in [-0.4, -0.2) is 42.9 Å². The highest BCUT2D eigenvalue weighted by atomic mass is 16.2. The molecule has 0 bridgehead atoms. The molecule has 26 heavy (non-hydrogen) atoms. The number of hydrogen-bond acceptors (Lipinski definition) is 3. The Bertz CT molecular complexity index is 539. The fourth-order valence-corrected chi connectivity index (χ4v) is 3.49. The lowest BCUT2D eigenvalue weighted by Gasteiger charge is -2.32. The van der Waals surface area contributed by atoms with Crippen molar-refractivity contribution in [2.24, 2.45) is 11.7 Å². The minimum Gasteiger partial charge on any atom is -0.347 e. The Labute approximate surface area is 157 Å². The third-order valence-electron chi connectivity index (χ3n) is 5.13. The van der Waals surface area contributed by atoms with Crippen molar-refractivity contribution in [3.05, 3.63) is 35.9 Å². The summed E-state index contributed by atoms with van der Waals surface area (Å²) in [5.41, 5.74) is 6.82. The second-order valence-corrected chi connectivity index (χ2v) is 7.24. The number of nitrogens with zero attached hydrogens (tertiary/aromatic N) is 1. The number of carbonyl (C=O) groups is 2. The number of unbranched alkanes of at least 4 members (excludes halogenated alkanes) is 3. The summed E-state index contributed by atoms with van der Waals surface area (Å²) in [5.74, 6) is 0.661. The lowest BCUT2D eigenvalue weighted by atomic mass is 9.90. The highest BCUT2D eigenvalue weighted by Gasteiger charge is 2.23. The molecule has 1 heterocycles. The average molecular weight is 360 g/mol. The largest absolute Gasteiger partial charge is 0.347 e. The molecule has 1 fully saturated rings. The van der Waals surface area contributed by atoms with Gasteiger partial charge in [-0.1, -0.05) is 43.2 Å². The second-order valence-electron chi connectivity index (χ2n) is 7.24. The quantitative estimate of drug-likeness (QED) is 0.630. The summed E-state index contributed by atoms with van der Waals surface area (Å²) in [5, 5.41) is 2.77. The molecule has 0 unspecified atom stereocenters. The molecule has 0 spiro atoms. The Morgan fingerprint density at radius 2 is 1.73 bits per heavy atom. The van der Waals surface area contributed by atoms with Crippen LogP contribution in [-0.2, 0) is 16.0 Å². The summed E-state index contributed by atoms with van der Waals surface area (Å²) in [4.78, 5) is 26.0. The van der Waals surface area contributed by atoms with Crippen molar-refractivity contribution in [3.8, 4) is 0 Å². The predicted octanol–water partition coefficient (Wildman–Crippen LogP) is 2.49. The van der Waals surface area contributed by atoms with E-state index in [1.54, 1.807) is 0 Å². The van der Waals surface area contributed by atoms with Gasteiger partial charge in [0.2, 0.25) is 11.8 Å². The molecule has 0 radical (unpaired) electrons. The van der Waals surface area contributed by atoms with Gasteiger partial charge in [0.25, 0.3) is 0 Å². The molecule has 144 valence electrons. The molecule has 0 saturated carbocycles. The van der Waals surface area contributed by atoms with Crippen LogP contribution >= 0.6 is 0 Å². The smallest absolute Gasteiger partial charge is 0.241 e. The first-order valence-electron chi connectivity index (χ1n) is 9.97. The Morgan fingerprint density at radius 1 is 1.04 bits per heavy atom. The molecule has 0 aliphatic carbocycles. The summed E-state index contributed by atoms with van der Waals surface area (Å²) in [6.45, 7) is 2.43. The van der Waals surface area contributed by atoms with Crippen LogP contribution in [0.2, 0.25) is 0 Å². The first-order chi connectivity index (χ1) is 12.7. The van der Waals surface area contributed by atoms with Crippen LogP contribution in [0, 0.1) is 5.92 Å². The minimum absolute atomic E-state index is 0.0231. The van der Waals surface area contributed by atoms with Crippen molar-refractivity contribution in [2.75, 3.05) is 26.2 Å². The van der Waals surface area contributed by atoms with Crippen molar-refractivity contribution in [3.63, 3.8) is 0 Å². The first kappa shape index (κ1) is 20.4. The first-order valence-corrected chi connectivity index (χ1v) is 9.97. The molecule has 5 heteroatoms. The molecular formula is C21H33N3O2. The predicted molar refractivity (Wildman–Crippen MR) is 105 cm³/mol. The number of rotatable bonds is 10. The lowest BCUT2D eigenvalue weighted by Crippen LogP contribution is -2.44. The van der Waals surface area contributed by atoms with E-state index in [-0.39, 0.29) is 18.4 Å². The van der Waals surface area contributed by atoms with Gasteiger partial charge in [-0.05, 0) is 50.1 Å². The van der Waals surface area contributed by atoms with E-state index in [0.29, 0.717) is 18.9 Å². The van der Waals surface area contributed by atoms with Crippen LogP contribution < -0.4 is 11.1 Å². The van der Waals surface area contributed by atoms with Gasteiger partial charge in [-0.15, -0.1) is 0 Å². The van der Waals surface area contributed by atoms with Crippen molar-refractivity contribution in [1.29, 1.82) is 0 Å². The zero-order valence-electron chi connectivity index (χ0n) is 15.8. The van der Waals surface area contributed by atoms with Crippen LogP contribution in [0.15, 0.2) is 30.3 Å². The number of amides is 2. The molecule has 2 amide bonds. The van der Waals surface area contributed by atoms with Crippen molar-refractivity contribution in [2.45, 2.75) is 51.4 Å². The van der Waals surface area contributed by atoms with E-state index in [1.807, 2.05) is 11.0 Å². The molecule has 2 rings (SSSR count). The SMILES string of the molecule is NCCCCCCC(=O)NCC(=O)N1CCC(Cc2ccccc2)CC1. The topological polar surface area (TPSA) is 75.4 Å². The second kappa shape index (κ2) is 11.7. The molecule has 3 N–H and O–H groups in total. The summed E-state index contributed by atoms with van der Waals surface area (Å²) >= 11 is 0. The number of benzene rings is 1. The lowest BCUT2D eigenvalue weighted by molar-refractivity contribution is -0.134. The molecule has 1 aliphatic rings. The van der Waals surface area contributed by atoms with Crippen LogP contribution in [0.3, 0.4) is 0 Å². The minimum atomic E-state index is -0.0231. The highest BCUT2D eigenvalue weighted by Crippen LogP contribution is 2.21. The van der Waals surface area contributed by atoms with E-state index in [4.69, 9.17) is 5.73 Å². The van der Waals surface area contributed by atoms with Crippen molar-refractivity contribution in [1.82, 2.24) is 10.2 Å². The molecular weight excluding hydrogens is 326 g/mol. The van der Waals surface area contributed by atoms with E-state index in [2.05, 4.69) is 29.6 Å². The number of nitrogens with one attached hydrogen (secondary N) is 1. The standard InChI is InChI=1S/C21H33N3O2/c22-13-7-2-1-6-10-20(25)23-17-21(26)24-14-11-19(12-15-24)16-18-8-4-3-5-9-18/h3-5,8-9,19H,1-2,6-7,10-17,22H2,(H,23,25). The van der Waals surface area contributed by atoms with E-state index < -0.39 is 0 Å². The molecule has 1 aliphatic heterocycles. The fourth-order valence-electron chi connectivity index (χ4n) is 3.49. The van der Waals surface area contributed by atoms with Gasteiger partial charge in [0.15, 0.2) is 0 Å². The van der Waals surface area contributed by atoms with E-state index in [9.17, 15) is 9.59 Å². The summed E-state index contributed by atoms with van der Waals surface area (Å²) in [6.07, 6.45) is 7.63. The normalized spacial score (nSPS) is 15.0. The van der Waals surface area contributed by atoms with Gasteiger partial charge in [0.05, 0.1) is 6.54 Å². The van der Waals surface area contributed by atoms with E-state index >= 15 is 0 Å². The molecule has 0 atom stereocenters. The number of likely N-dealkylation sites (tertiary alicyclic amines) is 1. The molecule has 1 saturated heterocycles. The zero-order valence-corrected chi connectivity index (χ0v) is 15.8. The van der Waals surface area contributed by atoms with Crippen LogP contribution in [0.25, 0.3) is 0 Å². The van der Waals surface area contributed by atoms with Gasteiger partial charge in [-0.3, -0.25) is 9.59 Å². The maximum absolute atomic E-state index is 12.3. The van der Waals surface area contributed by atoms with Crippen molar-refractivity contribution < 1.29 is 9.59 Å². The number of nitrogens with two attached hydrogens (primary N) is 1. The third-order valence-corrected chi connectivity index (χ3v) is 5.13. The Morgan fingerprint density at radius 3 is 2.42 bits per heavy atom. The van der Waals surface area contributed by atoms with Gasteiger partial charge in [0, 0.05) is 19.5 Å². The highest BCUT2D eigenvalue weighted by molar-refractivity contribution is 5.84. The molecule has 1 aromatic rings. The van der Waals surface area contributed by atoms with Crippen LogP contribution in [0.4, 0.5) is 0 Å². The number of piperidine rings is 1. The Kier molecular flexibility index (Phi) is 9.18. The monoisotopic (exact) mass is 359 g/mol. The Hall–Kier alpha value is -1.88. The van der Waals surface area contributed by atoms with Gasteiger partial charge in [0.1, 0.15) is 0 Å². The fraction of sp³-hybridized carbons (Fsp3) is 0.619. The Balaban J connectivity index is 1.58. The van der Waals surface area contributed by atoms with Gasteiger partial charge in [-0.25, -0.2) is 0 Å².